The highest BCUT2D eigenvalue weighted by molar-refractivity contribution is 5.92. The molecule has 3 nitrogen and oxygen atoms in total. The van der Waals surface area contributed by atoms with E-state index in [1.807, 2.05) is 31.3 Å². The van der Waals surface area contributed by atoms with Crippen LogP contribution in [0.1, 0.15) is 57.4 Å². The fourth-order valence-electron chi connectivity index (χ4n) is 2.22. The van der Waals surface area contributed by atoms with E-state index in [0.29, 0.717) is 13.0 Å². The van der Waals surface area contributed by atoms with Gasteiger partial charge in [0.25, 0.3) is 0 Å². The van der Waals surface area contributed by atoms with Gasteiger partial charge in [-0.3, -0.25) is 4.79 Å². The van der Waals surface area contributed by atoms with Crippen molar-refractivity contribution >= 4 is 11.6 Å². The number of benzene rings is 1. The Morgan fingerprint density at radius 3 is 2.25 bits per heavy atom. The monoisotopic (exact) mass is 276 g/mol. The molecule has 1 aromatic rings. The first-order valence-corrected chi connectivity index (χ1v) is 7.74. The standard InChI is InChI=1S/C17H28N2O/c1-3-4-5-6-7-8-9-17(20)19(2)16-12-10-15(14-18)11-13-16/h10-13H,3-9,14,18H2,1-2H3. The minimum absolute atomic E-state index is 0.195. The normalized spacial score (nSPS) is 10.6. The minimum Gasteiger partial charge on any atom is -0.326 e. The lowest BCUT2D eigenvalue weighted by Gasteiger charge is -2.17. The molecule has 0 unspecified atom stereocenters. The van der Waals surface area contributed by atoms with Crippen LogP contribution in [0.3, 0.4) is 0 Å². The second kappa shape index (κ2) is 9.54. The average Bonchev–Trinajstić information content (AvgIpc) is 2.50. The maximum absolute atomic E-state index is 12.1. The summed E-state index contributed by atoms with van der Waals surface area (Å²) in [5.74, 6) is 0.195. The number of nitrogens with two attached hydrogens (primary N) is 1. The van der Waals surface area contributed by atoms with Crippen molar-refractivity contribution in [3.8, 4) is 0 Å². The lowest BCUT2D eigenvalue weighted by atomic mass is 10.1. The Hall–Kier alpha value is -1.35. The number of unbranched alkanes of at least 4 members (excludes halogenated alkanes) is 5. The number of rotatable bonds is 9. The van der Waals surface area contributed by atoms with E-state index >= 15 is 0 Å². The molecule has 0 heterocycles. The van der Waals surface area contributed by atoms with Crippen LogP contribution in [0.5, 0.6) is 0 Å². The zero-order valence-corrected chi connectivity index (χ0v) is 12.9. The Bertz CT molecular complexity index is 386. The summed E-state index contributed by atoms with van der Waals surface area (Å²) in [6.45, 7) is 2.75. The van der Waals surface area contributed by atoms with Gasteiger partial charge in [-0.25, -0.2) is 0 Å². The number of anilines is 1. The summed E-state index contributed by atoms with van der Waals surface area (Å²) in [4.78, 5) is 13.8. The molecule has 1 rings (SSSR count). The number of carbonyl (C=O) groups is 1. The fraction of sp³-hybridized carbons (Fsp3) is 0.588. The van der Waals surface area contributed by atoms with Crippen LogP contribution in [-0.2, 0) is 11.3 Å². The smallest absolute Gasteiger partial charge is 0.226 e. The summed E-state index contributed by atoms with van der Waals surface area (Å²) in [5.41, 5.74) is 7.60. The molecule has 0 aromatic heterocycles. The Labute approximate surface area is 123 Å². The summed E-state index contributed by atoms with van der Waals surface area (Å²) < 4.78 is 0. The molecule has 20 heavy (non-hydrogen) atoms. The molecule has 0 radical (unpaired) electrons. The van der Waals surface area contributed by atoms with E-state index in [-0.39, 0.29) is 5.91 Å². The van der Waals surface area contributed by atoms with E-state index in [0.717, 1.165) is 24.1 Å². The molecule has 0 bridgehead atoms. The molecule has 0 spiro atoms. The fourth-order valence-corrected chi connectivity index (χ4v) is 2.22. The third-order valence-corrected chi connectivity index (χ3v) is 3.68. The molecule has 0 aliphatic carbocycles. The third kappa shape index (κ3) is 5.74. The van der Waals surface area contributed by atoms with Gasteiger partial charge in [0.2, 0.25) is 5.91 Å². The summed E-state index contributed by atoms with van der Waals surface area (Å²) in [6.07, 6.45) is 7.90. The summed E-state index contributed by atoms with van der Waals surface area (Å²) in [5, 5.41) is 0. The summed E-state index contributed by atoms with van der Waals surface area (Å²) >= 11 is 0. The van der Waals surface area contributed by atoms with Crippen LogP contribution >= 0.6 is 0 Å². The van der Waals surface area contributed by atoms with E-state index in [1.54, 1.807) is 4.90 Å². The summed E-state index contributed by atoms with van der Waals surface area (Å²) in [7, 11) is 1.84. The lowest BCUT2D eigenvalue weighted by molar-refractivity contribution is -0.118. The first-order chi connectivity index (χ1) is 9.69. The van der Waals surface area contributed by atoms with Gasteiger partial charge in [-0.15, -0.1) is 0 Å². The van der Waals surface area contributed by atoms with Gasteiger partial charge >= 0.3 is 0 Å². The van der Waals surface area contributed by atoms with Crippen LogP contribution in [0.4, 0.5) is 5.69 Å². The molecule has 0 atom stereocenters. The van der Waals surface area contributed by atoms with E-state index in [9.17, 15) is 4.79 Å². The molecule has 0 saturated carbocycles. The van der Waals surface area contributed by atoms with E-state index < -0.39 is 0 Å². The van der Waals surface area contributed by atoms with Crippen LogP contribution in [-0.4, -0.2) is 13.0 Å². The molecule has 1 amide bonds. The number of nitrogens with zero attached hydrogens (tertiary/aromatic N) is 1. The SMILES string of the molecule is CCCCCCCCC(=O)N(C)c1ccc(CN)cc1. The Morgan fingerprint density at radius 1 is 1.05 bits per heavy atom. The largest absolute Gasteiger partial charge is 0.326 e. The quantitative estimate of drug-likeness (QED) is 0.696. The summed E-state index contributed by atoms with van der Waals surface area (Å²) in [6, 6.07) is 7.87. The molecule has 0 aliphatic heterocycles. The minimum atomic E-state index is 0.195. The van der Waals surface area contributed by atoms with Crippen LogP contribution < -0.4 is 10.6 Å². The van der Waals surface area contributed by atoms with Crippen molar-refractivity contribution in [3.63, 3.8) is 0 Å². The van der Waals surface area contributed by atoms with E-state index in [1.165, 1.54) is 25.7 Å². The Balaban J connectivity index is 2.31. The molecule has 2 N–H and O–H groups in total. The zero-order valence-electron chi connectivity index (χ0n) is 12.9. The van der Waals surface area contributed by atoms with Crippen molar-refractivity contribution in [2.45, 2.75) is 58.4 Å². The second-order valence-corrected chi connectivity index (χ2v) is 5.34. The maximum atomic E-state index is 12.1. The van der Waals surface area contributed by atoms with Gasteiger partial charge in [0.1, 0.15) is 0 Å². The highest BCUT2D eigenvalue weighted by atomic mass is 16.2. The van der Waals surface area contributed by atoms with Gasteiger partial charge in [0.15, 0.2) is 0 Å². The van der Waals surface area contributed by atoms with Gasteiger partial charge in [-0.2, -0.15) is 0 Å². The first-order valence-electron chi connectivity index (χ1n) is 7.74. The van der Waals surface area contributed by atoms with Crippen LogP contribution in [0.25, 0.3) is 0 Å². The van der Waals surface area contributed by atoms with Gasteiger partial charge in [0, 0.05) is 25.7 Å². The number of carbonyl (C=O) groups excluding carboxylic acids is 1. The van der Waals surface area contributed by atoms with Crippen LogP contribution in [0.2, 0.25) is 0 Å². The van der Waals surface area contributed by atoms with Crippen molar-refractivity contribution in [2.75, 3.05) is 11.9 Å². The average molecular weight is 276 g/mol. The van der Waals surface area contributed by atoms with Gasteiger partial charge in [-0.05, 0) is 24.1 Å². The zero-order chi connectivity index (χ0) is 14.8. The molecular weight excluding hydrogens is 248 g/mol. The predicted molar refractivity (Wildman–Crippen MR) is 85.7 cm³/mol. The highest BCUT2D eigenvalue weighted by Crippen LogP contribution is 2.16. The molecule has 0 saturated heterocycles. The van der Waals surface area contributed by atoms with E-state index in [2.05, 4.69) is 6.92 Å². The topological polar surface area (TPSA) is 46.3 Å². The second-order valence-electron chi connectivity index (χ2n) is 5.34. The van der Waals surface area contributed by atoms with Gasteiger partial charge in [0.05, 0.1) is 0 Å². The van der Waals surface area contributed by atoms with Crippen LogP contribution in [0.15, 0.2) is 24.3 Å². The Kier molecular flexibility index (Phi) is 7.97. The molecule has 0 aliphatic rings. The maximum Gasteiger partial charge on any atom is 0.226 e. The molecule has 112 valence electrons. The van der Waals surface area contributed by atoms with Crippen molar-refractivity contribution in [3.05, 3.63) is 29.8 Å². The van der Waals surface area contributed by atoms with Crippen LogP contribution in [0, 0.1) is 0 Å². The predicted octanol–water partition coefficient (Wildman–Crippen LogP) is 3.86. The lowest BCUT2D eigenvalue weighted by Crippen LogP contribution is -2.25. The van der Waals surface area contributed by atoms with Crippen molar-refractivity contribution in [1.29, 1.82) is 0 Å². The number of hydrogen-bond acceptors (Lipinski definition) is 2. The molecule has 3 heteroatoms. The molecule has 1 aromatic carbocycles. The van der Waals surface area contributed by atoms with Crippen molar-refractivity contribution in [1.82, 2.24) is 0 Å². The number of hydrogen-bond donors (Lipinski definition) is 1. The van der Waals surface area contributed by atoms with E-state index in [4.69, 9.17) is 5.73 Å². The first kappa shape index (κ1) is 16.7. The molecule has 0 fully saturated rings. The van der Waals surface area contributed by atoms with Gasteiger partial charge < -0.3 is 10.6 Å². The number of amides is 1. The highest BCUT2D eigenvalue weighted by Gasteiger charge is 2.10. The Morgan fingerprint density at radius 2 is 1.65 bits per heavy atom. The van der Waals surface area contributed by atoms with Crippen molar-refractivity contribution in [2.24, 2.45) is 5.73 Å². The van der Waals surface area contributed by atoms with Gasteiger partial charge in [-0.1, -0.05) is 51.2 Å². The van der Waals surface area contributed by atoms with Crippen molar-refractivity contribution < 1.29 is 4.79 Å². The third-order valence-electron chi connectivity index (χ3n) is 3.68. The molecular formula is C17H28N2O.